The van der Waals surface area contributed by atoms with Crippen molar-refractivity contribution < 1.29 is 14.6 Å². The van der Waals surface area contributed by atoms with Crippen LogP contribution in [0.25, 0.3) is 11.1 Å². The molecule has 2 saturated heterocycles. The van der Waals surface area contributed by atoms with E-state index in [0.29, 0.717) is 11.6 Å². The van der Waals surface area contributed by atoms with Crippen molar-refractivity contribution in [2.45, 2.75) is 81.4 Å². The van der Waals surface area contributed by atoms with Gasteiger partial charge in [0.1, 0.15) is 5.82 Å². The van der Waals surface area contributed by atoms with E-state index >= 15 is 0 Å². The molecule has 4 aliphatic carbocycles. The van der Waals surface area contributed by atoms with Gasteiger partial charge in [0, 0.05) is 60.5 Å². The number of aliphatic hydroxyl groups is 1. The fraction of sp³-hybridized carbons (Fsp3) is 0.613. The van der Waals surface area contributed by atoms with Crippen LogP contribution < -0.4 is 11.1 Å². The van der Waals surface area contributed by atoms with Gasteiger partial charge >= 0.3 is 0 Å². The van der Waals surface area contributed by atoms with Gasteiger partial charge in [-0.2, -0.15) is 0 Å². The number of hydrogen-bond acceptors (Lipinski definition) is 6. The normalized spacial score (nSPS) is 34.6. The molecule has 4 N–H and O–H groups in total. The second-order valence-corrected chi connectivity index (χ2v) is 13.5. The van der Waals surface area contributed by atoms with Gasteiger partial charge in [-0.25, -0.2) is 4.98 Å². The number of fused-ring (bicyclic) bond motifs is 1. The van der Waals surface area contributed by atoms with Crippen LogP contribution in [0.5, 0.6) is 0 Å². The lowest BCUT2D eigenvalue weighted by Gasteiger charge is -2.74. The highest BCUT2D eigenvalue weighted by Crippen LogP contribution is 2.71. The second kappa shape index (κ2) is 8.26. The zero-order valence-electron chi connectivity index (χ0n) is 22.6. The number of rotatable bonds is 6. The van der Waals surface area contributed by atoms with E-state index in [0.717, 1.165) is 68.9 Å². The van der Waals surface area contributed by atoms with Gasteiger partial charge in [-0.1, -0.05) is 24.3 Å². The number of carbonyl (C=O) groups excluding carboxylic acids is 1. The molecule has 7 heteroatoms. The van der Waals surface area contributed by atoms with Gasteiger partial charge in [-0.3, -0.25) is 9.69 Å². The Morgan fingerprint density at radius 1 is 1.13 bits per heavy atom. The van der Waals surface area contributed by atoms with Crippen molar-refractivity contribution in [3.05, 3.63) is 47.7 Å². The van der Waals surface area contributed by atoms with Crippen LogP contribution >= 0.6 is 0 Å². The second-order valence-electron chi connectivity index (χ2n) is 13.5. The fourth-order valence-corrected chi connectivity index (χ4v) is 8.37. The van der Waals surface area contributed by atoms with Crippen LogP contribution in [-0.2, 0) is 10.2 Å². The molecule has 6 aliphatic rings. The summed E-state index contributed by atoms with van der Waals surface area (Å²) in [4.78, 5) is 20.3. The fourth-order valence-electron chi connectivity index (χ4n) is 8.37. The molecule has 1 aromatic heterocycles. The van der Waals surface area contributed by atoms with Crippen LogP contribution in [0, 0.1) is 11.3 Å². The third-order valence-corrected chi connectivity index (χ3v) is 11.0. The van der Waals surface area contributed by atoms with Crippen LogP contribution in [0.2, 0.25) is 0 Å². The number of hydrogen-bond donors (Lipinski definition) is 3. The number of carbonyl (C=O) groups is 1. The molecule has 1 amide bonds. The van der Waals surface area contributed by atoms with Crippen LogP contribution in [0.1, 0.15) is 74.7 Å². The van der Waals surface area contributed by atoms with E-state index in [-0.39, 0.29) is 28.1 Å². The molecule has 38 heavy (non-hydrogen) atoms. The summed E-state index contributed by atoms with van der Waals surface area (Å²) in [6, 6.07) is 11.5. The molecule has 2 aromatic rings. The average molecular weight is 517 g/mol. The highest BCUT2D eigenvalue weighted by molar-refractivity contribution is 6.00. The van der Waals surface area contributed by atoms with Crippen molar-refractivity contribution >= 4 is 11.7 Å². The third-order valence-electron chi connectivity index (χ3n) is 11.0. The third kappa shape index (κ3) is 3.58. The Morgan fingerprint density at radius 3 is 2.47 bits per heavy atom. The highest BCUT2D eigenvalue weighted by Gasteiger charge is 2.73. The topological polar surface area (TPSA) is 101 Å². The van der Waals surface area contributed by atoms with Gasteiger partial charge in [-0.05, 0) is 81.9 Å². The molecule has 4 saturated carbocycles. The van der Waals surface area contributed by atoms with E-state index in [4.69, 9.17) is 10.5 Å². The zero-order chi connectivity index (χ0) is 26.3. The molecule has 2 atom stereocenters. The largest absolute Gasteiger partial charge is 0.390 e. The molecule has 2 aliphatic heterocycles. The minimum Gasteiger partial charge on any atom is -0.390 e. The van der Waals surface area contributed by atoms with E-state index < -0.39 is 5.60 Å². The SMILES string of the molecule is CC(C)(O)C12CC(NC(=O)c3cc(-c4ccc([C@@]56CC[C@@H]5CN(C5CCOCC5)C6)cc4)cnc3N)(C1)C2. The first kappa shape index (κ1) is 24.6. The van der Waals surface area contributed by atoms with Gasteiger partial charge in [0.15, 0.2) is 0 Å². The van der Waals surface area contributed by atoms with E-state index in [1.165, 1.54) is 24.9 Å². The average Bonchev–Trinajstić information content (AvgIpc) is 3.11. The van der Waals surface area contributed by atoms with Crippen molar-refractivity contribution in [3.63, 3.8) is 0 Å². The summed E-state index contributed by atoms with van der Waals surface area (Å²) in [5.41, 5.74) is 9.27. The minimum atomic E-state index is -0.715. The van der Waals surface area contributed by atoms with Gasteiger partial charge in [0.05, 0.1) is 11.2 Å². The van der Waals surface area contributed by atoms with E-state index in [1.807, 2.05) is 19.9 Å². The maximum atomic E-state index is 13.2. The summed E-state index contributed by atoms with van der Waals surface area (Å²) in [5, 5.41) is 13.7. The number of ether oxygens (including phenoxy) is 1. The van der Waals surface area contributed by atoms with E-state index in [9.17, 15) is 9.90 Å². The molecule has 1 aromatic carbocycles. The van der Waals surface area contributed by atoms with Gasteiger partial charge < -0.3 is 20.9 Å². The van der Waals surface area contributed by atoms with Gasteiger partial charge in [-0.15, -0.1) is 0 Å². The number of likely N-dealkylation sites (tertiary alicyclic amines) is 1. The molecule has 2 bridgehead atoms. The number of nitrogens with one attached hydrogen (secondary N) is 1. The Morgan fingerprint density at radius 2 is 1.84 bits per heavy atom. The lowest BCUT2D eigenvalue weighted by molar-refractivity contribution is -0.247. The molecule has 0 unspecified atom stereocenters. The van der Waals surface area contributed by atoms with Crippen molar-refractivity contribution in [2.75, 3.05) is 32.0 Å². The van der Waals surface area contributed by atoms with Crippen LogP contribution in [0.3, 0.4) is 0 Å². The number of amides is 1. The quantitative estimate of drug-likeness (QED) is 0.539. The first-order valence-corrected chi connectivity index (χ1v) is 14.4. The van der Waals surface area contributed by atoms with Crippen molar-refractivity contribution in [1.29, 1.82) is 0 Å². The zero-order valence-corrected chi connectivity index (χ0v) is 22.6. The van der Waals surface area contributed by atoms with Crippen LogP contribution in [-0.4, -0.2) is 64.4 Å². The van der Waals surface area contributed by atoms with E-state index in [1.54, 1.807) is 6.20 Å². The predicted octanol–water partition coefficient (Wildman–Crippen LogP) is 3.90. The number of benzene rings is 1. The Bertz CT molecular complexity index is 1240. The van der Waals surface area contributed by atoms with Gasteiger partial charge in [0.2, 0.25) is 0 Å². The molecule has 3 heterocycles. The Hall–Kier alpha value is -2.48. The molecule has 202 valence electrons. The molecular formula is C31H40N4O3. The number of anilines is 1. The molecule has 0 radical (unpaired) electrons. The molecule has 6 fully saturated rings. The minimum absolute atomic E-state index is 0.0617. The maximum Gasteiger partial charge on any atom is 0.255 e. The lowest BCUT2D eigenvalue weighted by Crippen LogP contribution is -2.79. The van der Waals surface area contributed by atoms with E-state index in [2.05, 4.69) is 39.5 Å². The Kier molecular flexibility index (Phi) is 5.34. The van der Waals surface area contributed by atoms with Crippen molar-refractivity contribution in [1.82, 2.24) is 15.2 Å². The van der Waals surface area contributed by atoms with Crippen LogP contribution in [0.15, 0.2) is 36.5 Å². The summed E-state index contributed by atoms with van der Waals surface area (Å²) in [6.07, 6.45) is 9.11. The first-order valence-electron chi connectivity index (χ1n) is 14.4. The highest BCUT2D eigenvalue weighted by atomic mass is 16.5. The summed E-state index contributed by atoms with van der Waals surface area (Å²) >= 11 is 0. The summed E-state index contributed by atoms with van der Waals surface area (Å²) in [5.74, 6) is 0.826. The standard InChI is InChI=1S/C31H40N4O3/c1-28(2,37)29-16-30(17-29,18-29)34-27(36)25-13-21(14-33-26(25)32)20-3-5-22(6-4-20)31-10-7-23(31)15-35(19-31)24-8-11-38-12-9-24/h3-6,13-14,23-24,37H,7-12,15-19H2,1-2H3,(H2,32,33)(H,34,36)/t23-,29?,30?,31+/m1/s1. The maximum absolute atomic E-state index is 13.2. The van der Waals surface area contributed by atoms with Gasteiger partial charge in [0.25, 0.3) is 5.91 Å². The number of pyridine rings is 1. The summed E-state index contributed by atoms with van der Waals surface area (Å²) in [7, 11) is 0. The smallest absolute Gasteiger partial charge is 0.255 e. The molecule has 7 nitrogen and oxygen atoms in total. The monoisotopic (exact) mass is 516 g/mol. The predicted molar refractivity (Wildman–Crippen MR) is 147 cm³/mol. The van der Waals surface area contributed by atoms with Crippen molar-refractivity contribution in [3.8, 4) is 11.1 Å². The number of nitrogen functional groups attached to an aromatic ring is 1. The molecule has 0 spiro atoms. The Labute approximate surface area is 225 Å². The molecule has 8 rings (SSSR count). The Balaban J connectivity index is 1.06. The number of nitrogens with two attached hydrogens (primary N) is 1. The van der Waals surface area contributed by atoms with Crippen LogP contribution in [0.4, 0.5) is 5.82 Å². The number of aromatic nitrogens is 1. The molecular weight excluding hydrogens is 476 g/mol. The summed E-state index contributed by atoms with van der Waals surface area (Å²) < 4.78 is 5.60. The first-order chi connectivity index (χ1) is 18.1. The summed E-state index contributed by atoms with van der Waals surface area (Å²) in [6.45, 7) is 7.90. The lowest BCUT2D eigenvalue weighted by atomic mass is 9.35. The number of nitrogens with zero attached hydrogens (tertiary/aromatic N) is 2. The van der Waals surface area contributed by atoms with Crippen molar-refractivity contribution in [2.24, 2.45) is 11.3 Å².